The van der Waals surface area contributed by atoms with Gasteiger partial charge in [0.2, 0.25) is 5.91 Å². The van der Waals surface area contributed by atoms with Crippen molar-refractivity contribution in [1.29, 1.82) is 0 Å². The topological polar surface area (TPSA) is 41.5 Å². The molecule has 0 fully saturated rings. The van der Waals surface area contributed by atoms with Crippen LogP contribution >= 0.6 is 27.7 Å². The molecule has 0 unspecified atom stereocenters. The average Bonchev–Trinajstić information content (AvgIpc) is 2.37. The Hall–Kier alpha value is -0.593. The van der Waals surface area contributed by atoms with E-state index >= 15 is 0 Å². The Labute approximate surface area is 141 Å². The quantitative estimate of drug-likeness (QED) is 0.470. The number of hydrogen-bond acceptors (Lipinski definition) is 3. The zero-order valence-electron chi connectivity index (χ0n) is 13.3. The van der Waals surface area contributed by atoms with Crippen LogP contribution in [0.15, 0.2) is 27.7 Å². The van der Waals surface area contributed by atoms with Crippen LogP contribution in [0, 0.1) is 0 Å². The lowest BCUT2D eigenvalue weighted by Gasteiger charge is -2.14. The Morgan fingerprint density at radius 3 is 2.52 bits per heavy atom. The fourth-order valence-electron chi connectivity index (χ4n) is 1.63. The molecule has 1 rings (SSSR count). The van der Waals surface area contributed by atoms with Gasteiger partial charge in [-0.05, 0) is 17.9 Å². The monoisotopic (exact) mass is 386 g/mol. The van der Waals surface area contributed by atoms with Crippen molar-refractivity contribution in [2.75, 3.05) is 12.4 Å². The molecule has 1 aromatic carbocycles. The SMILES string of the molecule is CSC(=NC[Si](C)(C)C)c1ccc(CNC(C)=O)c(Br)c1. The van der Waals surface area contributed by atoms with Crippen molar-refractivity contribution in [2.45, 2.75) is 33.1 Å². The van der Waals surface area contributed by atoms with Gasteiger partial charge in [0, 0.05) is 29.7 Å². The van der Waals surface area contributed by atoms with Gasteiger partial charge in [-0.2, -0.15) is 0 Å². The molecule has 1 aromatic rings. The van der Waals surface area contributed by atoms with Crippen LogP contribution in [-0.2, 0) is 11.3 Å². The van der Waals surface area contributed by atoms with E-state index in [1.165, 1.54) is 6.92 Å². The van der Waals surface area contributed by atoms with Crippen LogP contribution in [0.25, 0.3) is 0 Å². The van der Waals surface area contributed by atoms with Crippen molar-refractivity contribution in [1.82, 2.24) is 5.32 Å². The van der Waals surface area contributed by atoms with E-state index in [2.05, 4.69) is 59.3 Å². The summed E-state index contributed by atoms with van der Waals surface area (Å²) >= 11 is 5.26. The van der Waals surface area contributed by atoms with E-state index in [9.17, 15) is 4.79 Å². The summed E-state index contributed by atoms with van der Waals surface area (Å²) in [7, 11) is -1.18. The number of hydrogen-bond donors (Lipinski definition) is 1. The lowest BCUT2D eigenvalue weighted by Crippen LogP contribution is -2.25. The van der Waals surface area contributed by atoms with Crippen LogP contribution in [0.1, 0.15) is 18.1 Å². The predicted molar refractivity (Wildman–Crippen MR) is 99.9 cm³/mol. The Balaban J connectivity index is 2.92. The molecule has 1 N–H and O–H groups in total. The highest BCUT2D eigenvalue weighted by Gasteiger charge is 2.13. The van der Waals surface area contributed by atoms with Gasteiger partial charge in [-0.25, -0.2) is 0 Å². The zero-order valence-corrected chi connectivity index (χ0v) is 16.7. The highest BCUT2D eigenvalue weighted by atomic mass is 79.9. The van der Waals surface area contributed by atoms with E-state index in [1.54, 1.807) is 11.8 Å². The van der Waals surface area contributed by atoms with Gasteiger partial charge >= 0.3 is 0 Å². The van der Waals surface area contributed by atoms with Gasteiger partial charge in [-0.3, -0.25) is 9.79 Å². The number of halogens is 1. The van der Waals surface area contributed by atoms with E-state index in [-0.39, 0.29) is 5.91 Å². The second kappa shape index (κ2) is 8.15. The molecule has 0 spiro atoms. The Bertz CT molecular complexity index is 541. The molecule has 0 saturated heterocycles. The van der Waals surface area contributed by atoms with Crippen LogP contribution in [0.2, 0.25) is 19.6 Å². The van der Waals surface area contributed by atoms with Gasteiger partial charge < -0.3 is 5.32 Å². The molecule has 116 valence electrons. The fourth-order valence-corrected chi connectivity index (χ4v) is 3.45. The van der Waals surface area contributed by atoms with Crippen LogP contribution in [0.4, 0.5) is 0 Å². The number of aliphatic imine (C=N–C) groups is 1. The van der Waals surface area contributed by atoms with Gasteiger partial charge in [0.1, 0.15) is 0 Å². The Morgan fingerprint density at radius 2 is 2.05 bits per heavy atom. The first-order chi connectivity index (χ1) is 9.73. The first kappa shape index (κ1) is 18.5. The highest BCUT2D eigenvalue weighted by Crippen LogP contribution is 2.22. The minimum absolute atomic E-state index is 0.0209. The molecule has 0 atom stereocenters. The maximum atomic E-state index is 11.0. The summed E-state index contributed by atoms with van der Waals surface area (Å²) in [4.78, 5) is 15.8. The molecule has 6 heteroatoms. The summed E-state index contributed by atoms with van der Waals surface area (Å²) in [6.45, 7) is 9.02. The second-order valence-corrected chi connectivity index (χ2v) is 13.2. The van der Waals surface area contributed by atoms with E-state index in [4.69, 9.17) is 4.99 Å². The normalized spacial score (nSPS) is 12.4. The fraction of sp³-hybridized carbons (Fsp3) is 0.467. The second-order valence-electron chi connectivity index (χ2n) is 6.10. The number of thioether (sulfide) groups is 1. The summed E-state index contributed by atoms with van der Waals surface area (Å²) < 4.78 is 1.00. The molecule has 0 aliphatic heterocycles. The minimum Gasteiger partial charge on any atom is -0.352 e. The number of nitrogens with one attached hydrogen (secondary N) is 1. The molecule has 3 nitrogen and oxygen atoms in total. The van der Waals surface area contributed by atoms with Crippen molar-refractivity contribution in [3.05, 3.63) is 33.8 Å². The van der Waals surface area contributed by atoms with E-state index in [0.717, 1.165) is 26.8 Å². The smallest absolute Gasteiger partial charge is 0.217 e. The van der Waals surface area contributed by atoms with Crippen molar-refractivity contribution in [3.8, 4) is 0 Å². The first-order valence-corrected chi connectivity index (χ1v) is 12.6. The Morgan fingerprint density at radius 1 is 1.38 bits per heavy atom. The third-order valence-electron chi connectivity index (χ3n) is 2.72. The highest BCUT2D eigenvalue weighted by molar-refractivity contribution is 9.10. The maximum Gasteiger partial charge on any atom is 0.217 e. The predicted octanol–water partition coefficient (Wildman–Crippen LogP) is 4.07. The lowest BCUT2D eigenvalue weighted by atomic mass is 10.1. The van der Waals surface area contributed by atoms with Crippen molar-refractivity contribution in [2.24, 2.45) is 4.99 Å². The zero-order chi connectivity index (χ0) is 16.0. The molecular formula is C15H23BrN2OSSi. The summed E-state index contributed by atoms with van der Waals surface area (Å²) in [6, 6.07) is 6.19. The molecule has 0 bridgehead atoms. The van der Waals surface area contributed by atoms with Crippen molar-refractivity contribution in [3.63, 3.8) is 0 Å². The first-order valence-electron chi connectivity index (χ1n) is 6.84. The standard InChI is InChI=1S/C15H23BrN2OSSi/c1-11(19)17-9-13-7-6-12(8-14(13)16)15(20-2)18-10-21(3,4)5/h6-8H,9-10H2,1-5H3,(H,17,19). The minimum atomic E-state index is -1.18. The van der Waals surface area contributed by atoms with E-state index in [1.807, 2.05) is 6.07 Å². The third kappa shape index (κ3) is 6.80. The number of carbonyl (C=O) groups is 1. The number of benzene rings is 1. The van der Waals surface area contributed by atoms with Gasteiger partial charge in [-0.15, -0.1) is 11.8 Å². The average molecular weight is 387 g/mol. The van der Waals surface area contributed by atoms with E-state index < -0.39 is 8.07 Å². The molecule has 21 heavy (non-hydrogen) atoms. The van der Waals surface area contributed by atoms with Gasteiger partial charge in [-0.1, -0.05) is 47.7 Å². The molecule has 0 radical (unpaired) electrons. The van der Waals surface area contributed by atoms with Gasteiger partial charge in [0.05, 0.1) is 13.1 Å². The summed E-state index contributed by atoms with van der Waals surface area (Å²) in [6.07, 6.45) is 3.00. The van der Waals surface area contributed by atoms with Crippen LogP contribution in [0.3, 0.4) is 0 Å². The number of carbonyl (C=O) groups excluding carboxylic acids is 1. The molecule has 0 saturated carbocycles. The molecular weight excluding hydrogens is 364 g/mol. The van der Waals surface area contributed by atoms with Crippen LogP contribution < -0.4 is 5.32 Å². The summed E-state index contributed by atoms with van der Waals surface area (Å²) in [5.41, 5.74) is 2.19. The molecule has 0 aliphatic carbocycles. The van der Waals surface area contributed by atoms with Gasteiger partial charge in [0.15, 0.2) is 0 Å². The van der Waals surface area contributed by atoms with Crippen molar-refractivity contribution >= 4 is 46.7 Å². The molecule has 0 aliphatic rings. The van der Waals surface area contributed by atoms with Crippen molar-refractivity contribution < 1.29 is 4.79 Å². The maximum absolute atomic E-state index is 11.0. The largest absolute Gasteiger partial charge is 0.352 e. The van der Waals surface area contributed by atoms with Crippen LogP contribution in [-0.4, -0.2) is 31.4 Å². The third-order valence-corrected chi connectivity index (χ3v) is 5.31. The van der Waals surface area contributed by atoms with Crippen LogP contribution in [0.5, 0.6) is 0 Å². The number of amides is 1. The summed E-state index contributed by atoms with van der Waals surface area (Å²) in [5.74, 6) is -0.0209. The number of nitrogens with zero attached hydrogens (tertiary/aromatic N) is 1. The van der Waals surface area contributed by atoms with E-state index in [0.29, 0.717) is 6.54 Å². The lowest BCUT2D eigenvalue weighted by molar-refractivity contribution is -0.119. The molecule has 0 heterocycles. The number of rotatable bonds is 5. The molecule has 1 amide bonds. The summed E-state index contributed by atoms with van der Waals surface area (Å²) in [5, 5.41) is 3.88. The van der Waals surface area contributed by atoms with Gasteiger partial charge in [0.25, 0.3) is 0 Å². The Kier molecular flexibility index (Phi) is 7.16. The molecule has 0 aromatic heterocycles.